The third-order valence-corrected chi connectivity index (χ3v) is 2.02. The van der Waals surface area contributed by atoms with Gasteiger partial charge in [-0.25, -0.2) is 4.98 Å². The van der Waals surface area contributed by atoms with Crippen molar-refractivity contribution >= 4 is 17.0 Å². The molecule has 0 spiro atoms. The predicted octanol–water partition coefficient (Wildman–Crippen LogP) is 2.31. The van der Waals surface area contributed by atoms with Crippen molar-refractivity contribution in [1.29, 1.82) is 5.41 Å². The van der Waals surface area contributed by atoms with E-state index in [1.165, 1.54) is 11.3 Å². The van der Waals surface area contributed by atoms with E-state index in [1.54, 1.807) is 6.20 Å². The van der Waals surface area contributed by atoms with Crippen LogP contribution in [0.25, 0.3) is 0 Å². The summed E-state index contributed by atoms with van der Waals surface area (Å²) in [6, 6.07) is 0. The van der Waals surface area contributed by atoms with E-state index in [-0.39, 0.29) is 0 Å². The van der Waals surface area contributed by atoms with Crippen LogP contribution in [0.2, 0.25) is 0 Å². The first-order valence-electron chi connectivity index (χ1n) is 3.32. The van der Waals surface area contributed by atoms with Crippen LogP contribution < -0.4 is 0 Å². The summed E-state index contributed by atoms with van der Waals surface area (Å²) in [6.45, 7) is 2.07. The highest BCUT2D eigenvalue weighted by Crippen LogP contribution is 2.07. The Balaban J connectivity index is 2.59. The highest BCUT2D eigenvalue weighted by Gasteiger charge is 2.00. The summed E-state index contributed by atoms with van der Waals surface area (Å²) in [5.41, 5.74) is 0.664. The molecule has 0 atom stereocenters. The lowest BCUT2D eigenvalue weighted by Gasteiger charge is -1.93. The van der Waals surface area contributed by atoms with Crippen molar-refractivity contribution in [3.05, 3.63) is 16.6 Å². The van der Waals surface area contributed by atoms with Crippen LogP contribution in [0.1, 0.15) is 24.8 Å². The summed E-state index contributed by atoms with van der Waals surface area (Å²) in [4.78, 5) is 4.03. The van der Waals surface area contributed by atoms with Crippen LogP contribution in [-0.4, -0.2) is 10.7 Å². The zero-order valence-corrected chi connectivity index (χ0v) is 6.74. The number of aromatic nitrogens is 1. The molecule has 1 aromatic heterocycles. The van der Waals surface area contributed by atoms with E-state index in [9.17, 15) is 0 Å². The molecular weight excluding hydrogens is 144 g/mol. The maximum Gasteiger partial charge on any atom is 0.136 e. The zero-order chi connectivity index (χ0) is 7.40. The van der Waals surface area contributed by atoms with Gasteiger partial charge in [0.2, 0.25) is 0 Å². The van der Waals surface area contributed by atoms with Crippen molar-refractivity contribution in [2.75, 3.05) is 0 Å². The molecule has 0 aromatic carbocycles. The van der Waals surface area contributed by atoms with Crippen LogP contribution in [0, 0.1) is 5.41 Å². The quantitative estimate of drug-likeness (QED) is 0.666. The van der Waals surface area contributed by atoms with Gasteiger partial charge in [0.1, 0.15) is 5.01 Å². The molecular formula is C7H10N2S. The number of nitrogens with zero attached hydrogens (tertiary/aromatic N) is 1. The van der Waals surface area contributed by atoms with E-state index in [4.69, 9.17) is 5.41 Å². The number of rotatable bonds is 3. The summed E-state index contributed by atoms with van der Waals surface area (Å²) < 4.78 is 0. The van der Waals surface area contributed by atoms with Crippen molar-refractivity contribution in [3.8, 4) is 0 Å². The minimum atomic E-state index is 0.664. The summed E-state index contributed by atoms with van der Waals surface area (Å²) in [6.07, 6.45) is 3.61. The fourth-order valence-electron chi connectivity index (χ4n) is 0.729. The topological polar surface area (TPSA) is 36.7 Å². The maximum absolute atomic E-state index is 7.49. The van der Waals surface area contributed by atoms with Crippen LogP contribution in [0.5, 0.6) is 0 Å². The van der Waals surface area contributed by atoms with Gasteiger partial charge in [0.15, 0.2) is 0 Å². The van der Waals surface area contributed by atoms with Crippen LogP contribution in [0.15, 0.2) is 11.6 Å². The van der Waals surface area contributed by atoms with Crippen LogP contribution in [-0.2, 0) is 0 Å². The zero-order valence-electron chi connectivity index (χ0n) is 5.92. The first-order valence-corrected chi connectivity index (χ1v) is 4.20. The summed E-state index contributed by atoms with van der Waals surface area (Å²) >= 11 is 1.54. The average molecular weight is 154 g/mol. The van der Waals surface area contributed by atoms with Crippen LogP contribution in [0.4, 0.5) is 0 Å². The fraction of sp³-hybridized carbons (Fsp3) is 0.429. The van der Waals surface area contributed by atoms with E-state index in [0.717, 1.165) is 17.8 Å². The highest BCUT2D eigenvalue weighted by atomic mass is 32.1. The summed E-state index contributed by atoms with van der Waals surface area (Å²) in [7, 11) is 0. The minimum Gasteiger partial charge on any atom is -0.302 e. The second kappa shape index (κ2) is 3.46. The van der Waals surface area contributed by atoms with Gasteiger partial charge < -0.3 is 5.41 Å². The molecule has 1 rings (SSSR count). The molecule has 0 aliphatic carbocycles. The molecule has 1 heterocycles. The number of hydrogen-bond donors (Lipinski definition) is 1. The molecule has 0 aliphatic heterocycles. The van der Waals surface area contributed by atoms with E-state index in [2.05, 4.69) is 11.9 Å². The van der Waals surface area contributed by atoms with Crippen molar-refractivity contribution < 1.29 is 0 Å². The molecule has 0 fully saturated rings. The first kappa shape index (κ1) is 7.41. The van der Waals surface area contributed by atoms with Crippen LogP contribution in [0.3, 0.4) is 0 Å². The van der Waals surface area contributed by atoms with E-state index in [1.807, 2.05) is 5.38 Å². The van der Waals surface area contributed by atoms with Gasteiger partial charge in [-0.2, -0.15) is 0 Å². The smallest absolute Gasteiger partial charge is 0.136 e. The second-order valence-corrected chi connectivity index (χ2v) is 2.96. The molecule has 1 aromatic rings. The van der Waals surface area contributed by atoms with Gasteiger partial charge in [-0.3, -0.25) is 0 Å². The normalized spacial score (nSPS) is 9.70. The average Bonchev–Trinajstić information content (AvgIpc) is 2.38. The minimum absolute atomic E-state index is 0.664. The molecule has 0 bridgehead atoms. The third kappa shape index (κ3) is 1.64. The van der Waals surface area contributed by atoms with Crippen molar-refractivity contribution in [3.63, 3.8) is 0 Å². The molecule has 54 valence electrons. The van der Waals surface area contributed by atoms with Crippen molar-refractivity contribution in [2.45, 2.75) is 19.8 Å². The Morgan fingerprint density at radius 3 is 3.10 bits per heavy atom. The van der Waals surface area contributed by atoms with Gasteiger partial charge in [0, 0.05) is 11.6 Å². The number of thiazole rings is 1. The Hall–Kier alpha value is -0.700. The van der Waals surface area contributed by atoms with Crippen LogP contribution >= 0.6 is 11.3 Å². The lowest BCUT2D eigenvalue weighted by molar-refractivity contribution is 0.984. The molecule has 10 heavy (non-hydrogen) atoms. The molecule has 0 saturated heterocycles. The molecule has 0 unspecified atom stereocenters. The molecule has 0 saturated carbocycles. The first-order chi connectivity index (χ1) is 4.84. The van der Waals surface area contributed by atoms with Gasteiger partial charge in [-0.05, 0) is 6.42 Å². The van der Waals surface area contributed by atoms with Gasteiger partial charge in [-0.1, -0.05) is 13.3 Å². The van der Waals surface area contributed by atoms with Crippen molar-refractivity contribution in [2.24, 2.45) is 0 Å². The molecule has 0 amide bonds. The number of hydrogen-bond acceptors (Lipinski definition) is 3. The Labute approximate surface area is 64.4 Å². The van der Waals surface area contributed by atoms with E-state index in [0.29, 0.717) is 5.71 Å². The SMILES string of the molecule is CCCC(=N)c1nccs1. The Morgan fingerprint density at radius 2 is 2.60 bits per heavy atom. The Morgan fingerprint density at radius 1 is 1.80 bits per heavy atom. The molecule has 0 radical (unpaired) electrons. The fourth-order valence-corrected chi connectivity index (χ4v) is 1.35. The summed E-state index contributed by atoms with van der Waals surface area (Å²) in [5.74, 6) is 0. The second-order valence-electron chi connectivity index (χ2n) is 2.07. The Kier molecular flexibility index (Phi) is 2.57. The van der Waals surface area contributed by atoms with Gasteiger partial charge in [0.05, 0.1) is 5.71 Å². The lowest BCUT2D eigenvalue weighted by Crippen LogP contribution is -1.95. The predicted molar refractivity (Wildman–Crippen MR) is 43.9 cm³/mol. The lowest BCUT2D eigenvalue weighted by atomic mass is 10.2. The highest BCUT2D eigenvalue weighted by molar-refractivity contribution is 7.11. The third-order valence-electron chi connectivity index (χ3n) is 1.19. The van der Waals surface area contributed by atoms with Gasteiger partial charge >= 0.3 is 0 Å². The summed E-state index contributed by atoms with van der Waals surface area (Å²) in [5, 5.41) is 10.3. The molecule has 3 heteroatoms. The van der Waals surface area contributed by atoms with Gasteiger partial charge in [-0.15, -0.1) is 11.3 Å². The number of nitrogens with one attached hydrogen (secondary N) is 1. The monoisotopic (exact) mass is 154 g/mol. The standard InChI is InChI=1S/C7H10N2S/c1-2-3-6(8)7-9-4-5-10-7/h4-5,8H,2-3H2,1H3. The molecule has 1 N–H and O–H groups in total. The van der Waals surface area contributed by atoms with Gasteiger partial charge in [0.25, 0.3) is 0 Å². The largest absolute Gasteiger partial charge is 0.302 e. The van der Waals surface area contributed by atoms with E-state index < -0.39 is 0 Å². The molecule has 0 aliphatic rings. The maximum atomic E-state index is 7.49. The Bertz CT molecular complexity index is 203. The van der Waals surface area contributed by atoms with Crippen molar-refractivity contribution in [1.82, 2.24) is 4.98 Å². The van der Waals surface area contributed by atoms with E-state index >= 15 is 0 Å². The molecule has 2 nitrogen and oxygen atoms in total.